The van der Waals surface area contributed by atoms with Gasteiger partial charge >= 0.3 is 0 Å². The van der Waals surface area contributed by atoms with Crippen LogP contribution in [0.3, 0.4) is 0 Å². The minimum atomic E-state index is -0.00690. The Balaban J connectivity index is 1.44. The van der Waals surface area contributed by atoms with Gasteiger partial charge in [0, 0.05) is 18.2 Å². The molecule has 2 aliphatic rings. The molecular weight excluding hydrogens is 302 g/mol. The third-order valence-electron chi connectivity index (χ3n) is 4.95. The fourth-order valence-electron chi connectivity index (χ4n) is 3.70. The maximum Gasteiger partial charge on any atom is 0.229 e. The molecule has 6 heteroatoms. The molecule has 1 amide bonds. The average Bonchev–Trinajstić information content (AvgIpc) is 3.12. The lowest BCUT2D eigenvalue weighted by Gasteiger charge is -2.31. The van der Waals surface area contributed by atoms with Crippen molar-refractivity contribution in [2.45, 2.75) is 25.3 Å². The zero-order valence-electron chi connectivity index (χ0n) is 13.4. The van der Waals surface area contributed by atoms with E-state index in [-0.39, 0.29) is 17.9 Å². The molecule has 2 aromatic rings. The number of hydrogen-bond acceptors (Lipinski definition) is 5. The Bertz CT molecular complexity index is 703. The zero-order chi connectivity index (χ0) is 16.4. The molecule has 1 aliphatic carbocycles. The predicted molar refractivity (Wildman–Crippen MR) is 91.9 cm³/mol. The Morgan fingerprint density at radius 2 is 1.92 bits per heavy atom. The highest BCUT2D eigenvalue weighted by atomic mass is 16.2. The molecular formula is C18H21N5O. The number of anilines is 1. The van der Waals surface area contributed by atoms with Gasteiger partial charge in [0.2, 0.25) is 5.91 Å². The Labute approximate surface area is 141 Å². The number of nitrogens with zero attached hydrogens (tertiary/aromatic N) is 2. The number of fused-ring (bicyclic) bond motifs is 1. The fourth-order valence-corrected chi connectivity index (χ4v) is 3.70. The monoisotopic (exact) mass is 323 g/mol. The van der Waals surface area contributed by atoms with E-state index in [0.29, 0.717) is 17.4 Å². The number of nitrogens with one attached hydrogen (secondary N) is 3. The number of hydrogen-bond donors (Lipinski definition) is 3. The highest BCUT2D eigenvalue weighted by Crippen LogP contribution is 2.32. The SMILES string of the molecule is O=C(Nc1cnc(-c2ccccc2)nc1)C1CCCC2CNNC21. The van der Waals surface area contributed by atoms with Gasteiger partial charge in [0.15, 0.2) is 5.82 Å². The summed E-state index contributed by atoms with van der Waals surface area (Å²) in [6, 6.07) is 10.0. The van der Waals surface area contributed by atoms with E-state index >= 15 is 0 Å². The highest BCUT2D eigenvalue weighted by Gasteiger charge is 2.40. The van der Waals surface area contributed by atoms with E-state index in [0.717, 1.165) is 24.9 Å². The lowest BCUT2D eigenvalue weighted by atomic mass is 9.77. The zero-order valence-corrected chi connectivity index (χ0v) is 13.4. The Hall–Kier alpha value is -2.31. The van der Waals surface area contributed by atoms with E-state index in [2.05, 4.69) is 26.1 Å². The molecule has 6 nitrogen and oxygen atoms in total. The first kappa shape index (κ1) is 15.2. The molecule has 3 atom stereocenters. The number of amides is 1. The van der Waals surface area contributed by atoms with Gasteiger partial charge in [0.25, 0.3) is 0 Å². The number of rotatable bonds is 3. The van der Waals surface area contributed by atoms with Crippen LogP contribution in [0.5, 0.6) is 0 Å². The van der Waals surface area contributed by atoms with Crippen molar-refractivity contribution in [1.82, 2.24) is 20.8 Å². The Morgan fingerprint density at radius 1 is 1.12 bits per heavy atom. The summed E-state index contributed by atoms with van der Waals surface area (Å²) < 4.78 is 0. The van der Waals surface area contributed by atoms with Crippen LogP contribution in [-0.2, 0) is 4.79 Å². The summed E-state index contributed by atoms with van der Waals surface area (Å²) in [5.41, 5.74) is 8.06. The van der Waals surface area contributed by atoms with E-state index in [1.54, 1.807) is 12.4 Å². The molecule has 4 rings (SSSR count). The van der Waals surface area contributed by atoms with Gasteiger partial charge in [0.1, 0.15) is 0 Å². The fraction of sp³-hybridized carbons (Fsp3) is 0.389. The lowest BCUT2D eigenvalue weighted by Crippen LogP contribution is -2.45. The van der Waals surface area contributed by atoms with Gasteiger partial charge in [-0.15, -0.1) is 0 Å². The van der Waals surface area contributed by atoms with Gasteiger partial charge in [-0.1, -0.05) is 36.8 Å². The van der Waals surface area contributed by atoms with Crippen molar-refractivity contribution in [3.63, 3.8) is 0 Å². The van der Waals surface area contributed by atoms with Crippen molar-refractivity contribution in [2.24, 2.45) is 11.8 Å². The van der Waals surface area contributed by atoms with E-state index < -0.39 is 0 Å². The first-order chi connectivity index (χ1) is 11.8. The molecule has 24 heavy (non-hydrogen) atoms. The summed E-state index contributed by atoms with van der Waals surface area (Å²) >= 11 is 0. The van der Waals surface area contributed by atoms with Crippen molar-refractivity contribution < 1.29 is 4.79 Å². The van der Waals surface area contributed by atoms with Crippen LogP contribution in [0.4, 0.5) is 5.69 Å². The molecule has 1 saturated heterocycles. The second-order valence-corrected chi connectivity index (χ2v) is 6.50. The second kappa shape index (κ2) is 6.67. The average molecular weight is 323 g/mol. The molecule has 0 bridgehead atoms. The molecule has 2 heterocycles. The van der Waals surface area contributed by atoms with Crippen molar-refractivity contribution in [2.75, 3.05) is 11.9 Å². The first-order valence-electron chi connectivity index (χ1n) is 8.48. The van der Waals surface area contributed by atoms with Gasteiger partial charge in [-0.25, -0.2) is 9.97 Å². The van der Waals surface area contributed by atoms with Crippen LogP contribution in [0.25, 0.3) is 11.4 Å². The van der Waals surface area contributed by atoms with Gasteiger partial charge in [-0.05, 0) is 18.8 Å². The standard InChI is InChI=1S/C18H21N5O/c24-18(15-8-4-7-13-9-21-23-16(13)15)22-14-10-19-17(20-11-14)12-5-2-1-3-6-12/h1-3,5-6,10-11,13,15-16,21,23H,4,7-9H2,(H,22,24). The molecule has 2 fully saturated rings. The van der Waals surface area contributed by atoms with Gasteiger partial charge < -0.3 is 5.32 Å². The number of carbonyl (C=O) groups excluding carboxylic acids is 1. The maximum atomic E-state index is 12.6. The summed E-state index contributed by atoms with van der Waals surface area (Å²) in [4.78, 5) is 21.4. The minimum Gasteiger partial charge on any atom is -0.323 e. The summed E-state index contributed by atoms with van der Waals surface area (Å²) in [5, 5.41) is 2.97. The number of benzene rings is 1. The first-order valence-corrected chi connectivity index (χ1v) is 8.48. The summed E-state index contributed by atoms with van der Waals surface area (Å²) in [6.45, 7) is 0.948. The molecule has 124 valence electrons. The van der Waals surface area contributed by atoms with E-state index in [9.17, 15) is 4.79 Å². The third-order valence-corrected chi connectivity index (χ3v) is 4.95. The Kier molecular flexibility index (Phi) is 4.23. The van der Waals surface area contributed by atoms with Crippen LogP contribution >= 0.6 is 0 Å². The van der Waals surface area contributed by atoms with Gasteiger partial charge in [-0.3, -0.25) is 15.6 Å². The smallest absolute Gasteiger partial charge is 0.229 e. The quantitative estimate of drug-likeness (QED) is 0.805. The normalized spacial score (nSPS) is 25.9. The molecule has 3 N–H and O–H groups in total. The number of carbonyl (C=O) groups is 1. The molecule has 1 aromatic heterocycles. The predicted octanol–water partition coefficient (Wildman–Crippen LogP) is 1.97. The third kappa shape index (κ3) is 3.02. The van der Waals surface area contributed by atoms with Crippen LogP contribution < -0.4 is 16.2 Å². The number of hydrazine groups is 1. The van der Waals surface area contributed by atoms with E-state index in [1.165, 1.54) is 6.42 Å². The van der Waals surface area contributed by atoms with E-state index in [4.69, 9.17) is 0 Å². The molecule has 1 saturated carbocycles. The van der Waals surface area contributed by atoms with Crippen LogP contribution in [-0.4, -0.2) is 28.5 Å². The molecule has 0 spiro atoms. The van der Waals surface area contributed by atoms with Crippen LogP contribution in [0, 0.1) is 11.8 Å². The van der Waals surface area contributed by atoms with Crippen molar-refractivity contribution in [3.05, 3.63) is 42.7 Å². The largest absolute Gasteiger partial charge is 0.323 e. The molecule has 0 radical (unpaired) electrons. The molecule has 3 unspecified atom stereocenters. The topological polar surface area (TPSA) is 78.9 Å². The van der Waals surface area contributed by atoms with Gasteiger partial charge in [-0.2, -0.15) is 0 Å². The van der Waals surface area contributed by atoms with E-state index in [1.807, 2.05) is 30.3 Å². The minimum absolute atomic E-state index is 0.00690. The summed E-state index contributed by atoms with van der Waals surface area (Å²) in [7, 11) is 0. The summed E-state index contributed by atoms with van der Waals surface area (Å²) in [5.74, 6) is 1.25. The highest BCUT2D eigenvalue weighted by molar-refractivity contribution is 5.93. The Morgan fingerprint density at radius 3 is 2.71 bits per heavy atom. The molecule has 1 aromatic carbocycles. The molecule has 1 aliphatic heterocycles. The lowest BCUT2D eigenvalue weighted by molar-refractivity contribution is -0.121. The van der Waals surface area contributed by atoms with Gasteiger partial charge in [0.05, 0.1) is 24.0 Å². The second-order valence-electron chi connectivity index (χ2n) is 6.50. The van der Waals surface area contributed by atoms with Crippen molar-refractivity contribution >= 4 is 11.6 Å². The van der Waals surface area contributed by atoms with Crippen molar-refractivity contribution in [1.29, 1.82) is 0 Å². The van der Waals surface area contributed by atoms with Crippen LogP contribution in [0.15, 0.2) is 42.7 Å². The van der Waals surface area contributed by atoms with Crippen molar-refractivity contribution in [3.8, 4) is 11.4 Å². The number of aromatic nitrogens is 2. The summed E-state index contributed by atoms with van der Waals surface area (Å²) in [6.07, 6.45) is 6.56. The van der Waals surface area contributed by atoms with Crippen LogP contribution in [0.2, 0.25) is 0 Å². The van der Waals surface area contributed by atoms with Crippen LogP contribution in [0.1, 0.15) is 19.3 Å². The maximum absolute atomic E-state index is 12.6.